The Morgan fingerprint density at radius 3 is 2.49 bits per heavy atom. The minimum atomic E-state index is -0.414. The van der Waals surface area contributed by atoms with Crippen LogP contribution in [0, 0.1) is 5.92 Å². The highest BCUT2D eigenvalue weighted by molar-refractivity contribution is 8.01. The summed E-state index contributed by atoms with van der Waals surface area (Å²) in [7, 11) is 0. The van der Waals surface area contributed by atoms with Crippen LogP contribution in [0.5, 0.6) is 5.75 Å². The fourth-order valence-electron chi connectivity index (χ4n) is 4.70. The summed E-state index contributed by atoms with van der Waals surface area (Å²) < 4.78 is 11.3. The van der Waals surface area contributed by atoms with Crippen molar-refractivity contribution in [3.8, 4) is 5.75 Å². The third kappa shape index (κ3) is 8.72. The summed E-state index contributed by atoms with van der Waals surface area (Å²) >= 11 is 1.65. The number of oxime groups is 1. The van der Waals surface area contributed by atoms with E-state index >= 15 is 0 Å². The molecule has 208 valence electrons. The van der Waals surface area contributed by atoms with Crippen molar-refractivity contribution < 1.29 is 19.1 Å². The van der Waals surface area contributed by atoms with Gasteiger partial charge in [0.15, 0.2) is 11.8 Å². The number of fused-ring (bicyclic) bond motifs is 1. The molecule has 0 N–H and O–H groups in total. The van der Waals surface area contributed by atoms with Gasteiger partial charge in [-0.3, -0.25) is 0 Å². The number of hydrogen-bond donors (Lipinski definition) is 0. The Kier molecular flexibility index (Phi) is 10.3. The zero-order valence-electron chi connectivity index (χ0n) is 23.5. The van der Waals surface area contributed by atoms with Crippen LogP contribution in [0.1, 0.15) is 77.2 Å². The Morgan fingerprint density at radius 2 is 1.77 bits per heavy atom. The quantitative estimate of drug-likeness (QED) is 0.138. The first kappa shape index (κ1) is 28.9. The first-order chi connectivity index (χ1) is 18.8. The summed E-state index contributed by atoms with van der Waals surface area (Å²) in [5.41, 5.74) is 3.20. The largest absolute Gasteiger partial charge is 0.487 e. The zero-order chi connectivity index (χ0) is 27.7. The number of esters is 1. The SMILES string of the molecule is CCOC(=O)/C(CSC(C)(C)C)=N/OC(c1ccc(OCc2ccc3ccccc3n2)cc1)C1CCCCC1. The second-order valence-corrected chi connectivity index (χ2v) is 12.7. The van der Waals surface area contributed by atoms with E-state index in [-0.39, 0.29) is 10.9 Å². The fraction of sp³-hybridized carbons (Fsp3) is 0.469. The lowest BCUT2D eigenvalue weighted by Crippen LogP contribution is -2.24. The number of ether oxygens (including phenoxy) is 2. The van der Waals surface area contributed by atoms with Crippen molar-refractivity contribution in [3.63, 3.8) is 0 Å². The van der Waals surface area contributed by atoms with Gasteiger partial charge in [0.05, 0.1) is 17.8 Å². The van der Waals surface area contributed by atoms with Crippen LogP contribution in [0.3, 0.4) is 0 Å². The average Bonchev–Trinajstić information content (AvgIpc) is 2.94. The molecule has 7 heteroatoms. The molecular weight excluding hydrogens is 508 g/mol. The molecule has 1 fully saturated rings. The number of nitrogens with zero attached hydrogens (tertiary/aromatic N) is 2. The molecule has 4 rings (SSSR count). The number of hydrogen-bond acceptors (Lipinski definition) is 7. The van der Waals surface area contributed by atoms with Crippen molar-refractivity contribution in [2.45, 2.75) is 77.3 Å². The van der Waals surface area contributed by atoms with Gasteiger partial charge in [-0.2, -0.15) is 0 Å². The number of pyridine rings is 1. The molecule has 0 amide bonds. The Labute approximate surface area is 236 Å². The van der Waals surface area contributed by atoms with Crippen molar-refractivity contribution in [1.29, 1.82) is 0 Å². The number of benzene rings is 2. The third-order valence-corrected chi connectivity index (χ3v) is 8.04. The van der Waals surface area contributed by atoms with Gasteiger partial charge >= 0.3 is 5.97 Å². The van der Waals surface area contributed by atoms with Crippen LogP contribution in [0.25, 0.3) is 10.9 Å². The Bertz CT molecular complexity index is 1250. The van der Waals surface area contributed by atoms with Crippen molar-refractivity contribution in [3.05, 3.63) is 71.9 Å². The van der Waals surface area contributed by atoms with Crippen LogP contribution >= 0.6 is 11.8 Å². The van der Waals surface area contributed by atoms with Gasteiger partial charge in [-0.25, -0.2) is 9.78 Å². The Hall–Kier alpha value is -3.06. The molecule has 1 atom stereocenters. The number of rotatable bonds is 11. The number of carbonyl (C=O) groups is 1. The van der Waals surface area contributed by atoms with E-state index in [4.69, 9.17) is 19.3 Å². The van der Waals surface area contributed by atoms with Gasteiger partial charge in [0, 0.05) is 21.8 Å². The van der Waals surface area contributed by atoms with Crippen LogP contribution in [0.2, 0.25) is 0 Å². The van der Waals surface area contributed by atoms with Crippen LogP contribution in [-0.4, -0.2) is 33.8 Å². The second-order valence-electron chi connectivity index (χ2n) is 10.9. The van der Waals surface area contributed by atoms with Gasteiger partial charge in [-0.05, 0) is 49.6 Å². The first-order valence-electron chi connectivity index (χ1n) is 13.9. The van der Waals surface area contributed by atoms with Crippen LogP contribution < -0.4 is 4.74 Å². The number of aromatic nitrogens is 1. The van der Waals surface area contributed by atoms with E-state index in [1.54, 1.807) is 18.7 Å². The average molecular weight is 549 g/mol. The van der Waals surface area contributed by atoms with E-state index in [1.807, 2.05) is 48.5 Å². The maximum absolute atomic E-state index is 12.6. The molecule has 1 saturated carbocycles. The Balaban J connectivity index is 1.47. The summed E-state index contributed by atoms with van der Waals surface area (Å²) in [6.07, 6.45) is 5.54. The number of thioether (sulfide) groups is 1. The molecule has 0 bridgehead atoms. The predicted octanol–water partition coefficient (Wildman–Crippen LogP) is 7.90. The van der Waals surface area contributed by atoms with Crippen LogP contribution in [0.15, 0.2) is 65.8 Å². The van der Waals surface area contributed by atoms with Crippen molar-refractivity contribution in [1.82, 2.24) is 4.98 Å². The maximum atomic E-state index is 12.6. The zero-order valence-corrected chi connectivity index (χ0v) is 24.3. The molecule has 39 heavy (non-hydrogen) atoms. The number of para-hydroxylation sites is 1. The first-order valence-corrected chi connectivity index (χ1v) is 14.9. The van der Waals surface area contributed by atoms with E-state index in [9.17, 15) is 4.79 Å². The second kappa shape index (κ2) is 13.8. The minimum absolute atomic E-state index is 0.00572. The fourth-order valence-corrected chi connectivity index (χ4v) is 5.44. The van der Waals surface area contributed by atoms with Gasteiger partial charge in [0.1, 0.15) is 12.4 Å². The van der Waals surface area contributed by atoms with Crippen molar-refractivity contribution in [2.24, 2.45) is 11.1 Å². The van der Waals surface area contributed by atoms with Crippen molar-refractivity contribution in [2.75, 3.05) is 12.4 Å². The van der Waals surface area contributed by atoms with Gasteiger partial charge in [0.2, 0.25) is 0 Å². The maximum Gasteiger partial charge on any atom is 0.356 e. The third-order valence-electron chi connectivity index (χ3n) is 6.76. The van der Waals surface area contributed by atoms with E-state index < -0.39 is 5.97 Å². The molecular formula is C32H40N2O4S. The summed E-state index contributed by atoms with van der Waals surface area (Å²) in [5, 5.41) is 5.52. The van der Waals surface area contributed by atoms with Gasteiger partial charge in [-0.15, -0.1) is 11.8 Å². The highest BCUT2D eigenvalue weighted by Crippen LogP contribution is 2.38. The molecule has 1 unspecified atom stereocenters. The molecule has 0 radical (unpaired) electrons. The van der Waals surface area contributed by atoms with Crippen molar-refractivity contribution >= 4 is 34.3 Å². The molecule has 0 spiro atoms. The van der Waals surface area contributed by atoms with Gasteiger partial charge < -0.3 is 14.3 Å². The number of carbonyl (C=O) groups excluding carboxylic acids is 1. The molecule has 1 heterocycles. The van der Waals surface area contributed by atoms with E-state index in [0.717, 1.165) is 40.8 Å². The topological polar surface area (TPSA) is 70.0 Å². The van der Waals surface area contributed by atoms with E-state index in [1.165, 1.54) is 19.3 Å². The highest BCUT2D eigenvalue weighted by Gasteiger charge is 2.28. The standard InChI is InChI=1S/C32H40N2O4S/c1-5-36-31(35)29(22-39-32(2,3)4)34-38-30(24-12-7-6-8-13-24)25-16-19-27(20-17-25)37-21-26-18-15-23-11-9-10-14-28(23)33-26/h9-11,14-20,24,30H,5-8,12-13,21-22H2,1-4H3/b34-29+. The summed E-state index contributed by atoms with van der Waals surface area (Å²) in [6, 6.07) is 20.2. The monoisotopic (exact) mass is 548 g/mol. The van der Waals surface area contributed by atoms with Gasteiger partial charge in [-0.1, -0.05) is 81.6 Å². The molecule has 0 aliphatic heterocycles. The summed E-state index contributed by atoms with van der Waals surface area (Å²) in [6.45, 7) is 8.85. The summed E-state index contributed by atoms with van der Waals surface area (Å²) in [4.78, 5) is 23.5. The molecule has 1 aromatic heterocycles. The molecule has 3 aromatic rings. The molecule has 1 aliphatic rings. The molecule has 6 nitrogen and oxygen atoms in total. The highest BCUT2D eigenvalue weighted by atomic mass is 32.2. The molecule has 1 aliphatic carbocycles. The van der Waals surface area contributed by atoms with Crippen LogP contribution in [-0.2, 0) is 21.0 Å². The Morgan fingerprint density at radius 1 is 1.03 bits per heavy atom. The molecule has 2 aromatic carbocycles. The lowest BCUT2D eigenvalue weighted by molar-refractivity contribution is -0.135. The lowest BCUT2D eigenvalue weighted by atomic mass is 9.83. The minimum Gasteiger partial charge on any atom is -0.487 e. The van der Waals surface area contributed by atoms with Crippen LogP contribution in [0.4, 0.5) is 0 Å². The smallest absolute Gasteiger partial charge is 0.356 e. The lowest BCUT2D eigenvalue weighted by Gasteiger charge is -2.29. The van der Waals surface area contributed by atoms with Gasteiger partial charge in [0.25, 0.3) is 0 Å². The molecule has 0 saturated heterocycles. The summed E-state index contributed by atoms with van der Waals surface area (Å²) in [5.74, 6) is 1.14. The van der Waals surface area contributed by atoms with E-state index in [0.29, 0.717) is 30.6 Å². The predicted molar refractivity (Wildman–Crippen MR) is 159 cm³/mol. The normalized spacial score (nSPS) is 15.6. The van der Waals surface area contributed by atoms with E-state index in [2.05, 4.69) is 38.1 Å².